The van der Waals surface area contributed by atoms with E-state index in [0.29, 0.717) is 0 Å². The van der Waals surface area contributed by atoms with Crippen LogP contribution in [0.5, 0.6) is 0 Å². The van der Waals surface area contributed by atoms with Gasteiger partial charge in [0, 0.05) is 16.1 Å². The fourth-order valence-corrected chi connectivity index (χ4v) is 14.3. The summed E-state index contributed by atoms with van der Waals surface area (Å²) in [5, 5.41) is 6.61. The summed E-state index contributed by atoms with van der Waals surface area (Å²) >= 11 is 0. The van der Waals surface area contributed by atoms with Crippen LogP contribution in [0.25, 0.3) is 0 Å². The summed E-state index contributed by atoms with van der Waals surface area (Å²) in [6.45, 7) is 29.2. The molecule has 0 aromatic carbocycles. The molecule has 0 nitrogen and oxygen atoms in total. The van der Waals surface area contributed by atoms with Gasteiger partial charge in [0.15, 0.2) is 0 Å². The molecule has 0 aromatic heterocycles. The Labute approximate surface area is 217 Å². The van der Waals surface area contributed by atoms with Gasteiger partial charge in [-0.25, -0.2) is 20.8 Å². The SMILES string of the molecule is C[Si](C)(C)C1=[C-]CC=C1[Si](C)(C)C.C[Si](C)(C)C1=[C-]CC=C1[Si](C)(C)C.[Eu+3].[H-]. The van der Waals surface area contributed by atoms with Crippen molar-refractivity contribution in [3.05, 3.63) is 45.1 Å². The minimum Gasteiger partial charge on any atom is -1.00 e. The molecule has 0 aliphatic heterocycles. The average Bonchev–Trinajstić information content (AvgIpc) is 3.06. The average molecular weight is 572 g/mol. The molecule has 5 heteroatoms. The molecular weight excluding hydrogens is 529 g/mol. The number of rotatable bonds is 4. The summed E-state index contributed by atoms with van der Waals surface area (Å²) in [5.74, 6) is 0. The third-order valence-corrected chi connectivity index (χ3v) is 13.4. The van der Waals surface area contributed by atoms with E-state index in [1.807, 2.05) is 0 Å². The quantitative estimate of drug-likeness (QED) is 0.239. The Kier molecular flexibility index (Phi) is 10.7. The molecule has 0 saturated carbocycles. The van der Waals surface area contributed by atoms with E-state index in [1.54, 1.807) is 20.8 Å². The van der Waals surface area contributed by atoms with Crippen LogP contribution in [0.15, 0.2) is 32.9 Å². The van der Waals surface area contributed by atoms with Crippen molar-refractivity contribution >= 4 is 32.3 Å². The largest absolute Gasteiger partial charge is 3.00 e. The van der Waals surface area contributed by atoms with Gasteiger partial charge in [0.2, 0.25) is 0 Å². The second-order valence-electron chi connectivity index (χ2n) is 11.7. The van der Waals surface area contributed by atoms with Gasteiger partial charge in [-0.3, -0.25) is 12.2 Å². The summed E-state index contributed by atoms with van der Waals surface area (Å²) < 4.78 is 0. The number of hydrogen-bond acceptors (Lipinski definition) is 0. The van der Waals surface area contributed by atoms with Crippen LogP contribution in [0, 0.1) is 61.5 Å². The van der Waals surface area contributed by atoms with Crippen molar-refractivity contribution < 1.29 is 50.8 Å². The third kappa shape index (κ3) is 8.58. The van der Waals surface area contributed by atoms with Gasteiger partial charge in [0.25, 0.3) is 0 Å². The van der Waals surface area contributed by atoms with Crippen molar-refractivity contribution in [3.63, 3.8) is 0 Å². The van der Waals surface area contributed by atoms with E-state index in [1.165, 1.54) is 0 Å². The van der Waals surface area contributed by atoms with Gasteiger partial charge in [0.05, 0.1) is 0 Å². The molecule has 2 rings (SSSR count). The van der Waals surface area contributed by atoms with Crippen molar-refractivity contribution in [1.82, 2.24) is 0 Å². The maximum Gasteiger partial charge on any atom is 3.00 e. The first-order chi connectivity index (χ1) is 11.5. The van der Waals surface area contributed by atoms with E-state index in [-0.39, 0.29) is 50.8 Å². The van der Waals surface area contributed by atoms with Crippen LogP contribution in [0.4, 0.5) is 0 Å². The Hall–Kier alpha value is 1.41. The maximum absolute atomic E-state index is 3.57. The smallest absolute Gasteiger partial charge is 1.00 e. The van der Waals surface area contributed by atoms with E-state index in [9.17, 15) is 0 Å². The van der Waals surface area contributed by atoms with Crippen LogP contribution in [0.2, 0.25) is 78.6 Å². The molecule has 0 N–H and O–H groups in total. The van der Waals surface area contributed by atoms with Crippen molar-refractivity contribution in [1.29, 1.82) is 0 Å². The van der Waals surface area contributed by atoms with Gasteiger partial charge in [0.1, 0.15) is 0 Å². The fourth-order valence-electron chi connectivity index (χ4n) is 3.61. The third-order valence-electron chi connectivity index (χ3n) is 4.82. The van der Waals surface area contributed by atoms with Gasteiger partial charge in [-0.2, -0.15) is 12.2 Å². The summed E-state index contributed by atoms with van der Waals surface area (Å²) in [4.78, 5) is 0. The Morgan fingerprint density at radius 2 is 0.815 bits per heavy atom. The molecule has 0 aromatic rings. The molecule has 27 heavy (non-hydrogen) atoms. The molecule has 154 valence electrons. The minimum atomic E-state index is -1.13. The second kappa shape index (κ2) is 10.1. The van der Waals surface area contributed by atoms with Crippen LogP contribution >= 0.6 is 0 Å². The molecule has 0 unspecified atom stereocenters. The van der Waals surface area contributed by atoms with Gasteiger partial charge in [-0.1, -0.05) is 78.6 Å². The molecule has 0 amide bonds. The van der Waals surface area contributed by atoms with E-state index >= 15 is 0 Å². The normalized spacial score (nSPS) is 17.9. The summed E-state index contributed by atoms with van der Waals surface area (Å²) in [6.07, 6.45) is 14.1. The molecule has 0 spiro atoms. The van der Waals surface area contributed by atoms with Crippen LogP contribution in [0.3, 0.4) is 0 Å². The minimum absolute atomic E-state index is 0. The van der Waals surface area contributed by atoms with Crippen LogP contribution in [-0.2, 0) is 0 Å². The summed E-state index contributed by atoms with van der Waals surface area (Å²) in [6, 6.07) is 0. The van der Waals surface area contributed by atoms with Crippen molar-refractivity contribution in [2.45, 2.75) is 91.4 Å². The molecule has 2 aliphatic rings. The maximum atomic E-state index is 3.57. The summed E-state index contributed by atoms with van der Waals surface area (Å²) in [5.41, 5.74) is 0. The zero-order chi connectivity index (χ0) is 20.6. The van der Waals surface area contributed by atoms with Crippen molar-refractivity contribution in [2.24, 2.45) is 0 Å². The Bertz CT molecular complexity index is 532. The molecule has 0 fully saturated rings. The second-order valence-corrected chi connectivity index (χ2v) is 31.8. The van der Waals surface area contributed by atoms with Gasteiger partial charge < -0.3 is 1.43 Å². The predicted molar refractivity (Wildman–Crippen MR) is 133 cm³/mol. The zero-order valence-corrected chi connectivity index (χ0v) is 26.4. The molecule has 0 heterocycles. The van der Waals surface area contributed by atoms with Crippen LogP contribution in [-0.4, -0.2) is 32.3 Å². The predicted octanol–water partition coefficient (Wildman–Crippen LogP) is 7.71. The van der Waals surface area contributed by atoms with Crippen molar-refractivity contribution in [3.8, 4) is 0 Å². The first-order valence-electron chi connectivity index (χ1n) is 10.1. The monoisotopic (exact) mass is 572 g/mol. The van der Waals surface area contributed by atoms with E-state index in [4.69, 9.17) is 0 Å². The zero-order valence-electron chi connectivity index (χ0n) is 20.9. The van der Waals surface area contributed by atoms with E-state index in [2.05, 4.69) is 103 Å². The topological polar surface area (TPSA) is 0 Å². The van der Waals surface area contributed by atoms with E-state index < -0.39 is 32.3 Å². The molecule has 0 bridgehead atoms. The van der Waals surface area contributed by atoms with Crippen molar-refractivity contribution in [2.75, 3.05) is 0 Å². The van der Waals surface area contributed by atoms with Gasteiger partial charge in [-0.05, 0) is 16.1 Å². The fraction of sp³-hybridized carbons (Fsp3) is 0.636. The van der Waals surface area contributed by atoms with Gasteiger partial charge >= 0.3 is 49.4 Å². The first-order valence-corrected chi connectivity index (χ1v) is 24.1. The van der Waals surface area contributed by atoms with Crippen LogP contribution in [0.1, 0.15) is 14.3 Å². The first kappa shape index (κ1) is 28.4. The molecule has 2 aliphatic carbocycles. The summed E-state index contributed by atoms with van der Waals surface area (Å²) in [7, 11) is -4.45. The Balaban J connectivity index is 0. The number of allylic oxidation sites excluding steroid dienone is 8. The van der Waals surface area contributed by atoms with Gasteiger partial charge in [-0.15, -0.1) is 12.8 Å². The molecule has 0 atom stereocenters. The molecular formula is C22H43EuSi4. The van der Waals surface area contributed by atoms with E-state index in [0.717, 1.165) is 12.8 Å². The number of hydrogen-bond donors (Lipinski definition) is 0. The standard InChI is InChI=1S/2C11H21Si2.Eu.H/c2*1-12(2,3)10-8-7-9-11(10)13(4,5)6;;/h2*8H,7H2,1-6H3;;/q2*-1;+3;-1. The Morgan fingerprint density at radius 3 is 0.963 bits per heavy atom. The van der Waals surface area contributed by atoms with Crippen LogP contribution < -0.4 is 0 Å². The Morgan fingerprint density at radius 1 is 0.556 bits per heavy atom. The molecule has 0 saturated heterocycles. The molecule has 0 radical (unpaired) electrons.